The number of carboxylic acid groups (broad SMARTS) is 1. The SMILES string of the molecule is CCCC(NC(=O)C(C)NC(=O)c1ccc(Br)s1)C(=O)O. The van der Waals surface area contributed by atoms with Crippen molar-refractivity contribution in [2.24, 2.45) is 0 Å². The van der Waals surface area contributed by atoms with Crippen LogP contribution in [0.1, 0.15) is 36.4 Å². The molecule has 0 aromatic carbocycles. The molecule has 8 heteroatoms. The van der Waals surface area contributed by atoms with Gasteiger partial charge in [0.25, 0.3) is 5.91 Å². The average molecular weight is 377 g/mol. The molecule has 2 amide bonds. The number of hydrogen-bond acceptors (Lipinski definition) is 4. The van der Waals surface area contributed by atoms with Gasteiger partial charge in [-0.25, -0.2) is 4.79 Å². The molecule has 116 valence electrons. The number of halogens is 1. The normalized spacial score (nSPS) is 13.3. The van der Waals surface area contributed by atoms with Crippen molar-refractivity contribution in [1.29, 1.82) is 0 Å². The molecule has 0 saturated carbocycles. The highest BCUT2D eigenvalue weighted by atomic mass is 79.9. The Morgan fingerprint density at radius 3 is 2.48 bits per heavy atom. The summed E-state index contributed by atoms with van der Waals surface area (Å²) in [5, 5.41) is 14.0. The summed E-state index contributed by atoms with van der Waals surface area (Å²) in [5.74, 6) is -1.96. The summed E-state index contributed by atoms with van der Waals surface area (Å²) in [6, 6.07) is 1.65. The third kappa shape index (κ3) is 5.47. The maximum absolute atomic E-state index is 11.9. The van der Waals surface area contributed by atoms with E-state index in [-0.39, 0.29) is 5.91 Å². The first-order valence-electron chi connectivity index (χ1n) is 6.44. The summed E-state index contributed by atoms with van der Waals surface area (Å²) < 4.78 is 0.818. The van der Waals surface area contributed by atoms with Gasteiger partial charge in [-0.3, -0.25) is 9.59 Å². The quantitative estimate of drug-likeness (QED) is 0.677. The highest BCUT2D eigenvalue weighted by Gasteiger charge is 2.23. The average Bonchev–Trinajstić information content (AvgIpc) is 2.84. The summed E-state index contributed by atoms with van der Waals surface area (Å²) in [4.78, 5) is 35.3. The zero-order valence-electron chi connectivity index (χ0n) is 11.7. The largest absolute Gasteiger partial charge is 0.480 e. The maximum Gasteiger partial charge on any atom is 0.326 e. The molecule has 0 saturated heterocycles. The summed E-state index contributed by atoms with van der Waals surface area (Å²) in [6.07, 6.45) is 0.987. The maximum atomic E-state index is 11.9. The van der Waals surface area contributed by atoms with Crippen LogP contribution in [0, 0.1) is 0 Å². The van der Waals surface area contributed by atoms with Crippen LogP contribution in [0.2, 0.25) is 0 Å². The Morgan fingerprint density at radius 1 is 1.33 bits per heavy atom. The second-order valence-electron chi connectivity index (χ2n) is 4.49. The molecular formula is C13H17BrN2O4S. The second kappa shape index (κ2) is 8.14. The van der Waals surface area contributed by atoms with Gasteiger partial charge in [-0.05, 0) is 41.4 Å². The molecule has 0 spiro atoms. The standard InChI is InChI=1S/C13H17BrN2O4S/c1-3-4-8(13(19)20)16-11(17)7(2)15-12(18)9-5-6-10(14)21-9/h5-8H,3-4H2,1-2H3,(H,15,18)(H,16,17)(H,19,20). The van der Waals surface area contributed by atoms with Gasteiger partial charge in [-0.15, -0.1) is 11.3 Å². The van der Waals surface area contributed by atoms with Crippen LogP contribution in [0.15, 0.2) is 15.9 Å². The van der Waals surface area contributed by atoms with Gasteiger partial charge in [0.05, 0.1) is 8.66 Å². The molecule has 2 atom stereocenters. The van der Waals surface area contributed by atoms with Crippen molar-refractivity contribution in [3.05, 3.63) is 20.8 Å². The summed E-state index contributed by atoms with van der Waals surface area (Å²) in [5.41, 5.74) is 0. The van der Waals surface area contributed by atoms with Gasteiger partial charge in [0, 0.05) is 0 Å². The Morgan fingerprint density at radius 2 is 2.00 bits per heavy atom. The zero-order chi connectivity index (χ0) is 16.0. The van der Waals surface area contributed by atoms with Crippen LogP contribution < -0.4 is 10.6 Å². The third-order valence-electron chi connectivity index (χ3n) is 2.73. The smallest absolute Gasteiger partial charge is 0.326 e. The molecule has 0 aliphatic heterocycles. The van der Waals surface area contributed by atoms with Crippen molar-refractivity contribution in [1.82, 2.24) is 10.6 Å². The monoisotopic (exact) mass is 376 g/mol. The molecule has 1 rings (SSSR count). The van der Waals surface area contributed by atoms with Crippen molar-refractivity contribution < 1.29 is 19.5 Å². The third-order valence-corrected chi connectivity index (χ3v) is 4.35. The van der Waals surface area contributed by atoms with Gasteiger partial charge in [-0.2, -0.15) is 0 Å². The number of aliphatic carboxylic acids is 1. The van der Waals surface area contributed by atoms with Gasteiger partial charge in [-0.1, -0.05) is 13.3 Å². The number of hydrogen-bond donors (Lipinski definition) is 3. The van der Waals surface area contributed by atoms with Crippen LogP contribution in [-0.4, -0.2) is 35.0 Å². The number of amides is 2. The fourth-order valence-electron chi connectivity index (χ4n) is 1.61. The Kier molecular flexibility index (Phi) is 6.83. The minimum Gasteiger partial charge on any atom is -0.480 e. The van der Waals surface area contributed by atoms with Crippen LogP contribution in [0.3, 0.4) is 0 Å². The van der Waals surface area contributed by atoms with E-state index in [1.54, 1.807) is 12.1 Å². The van der Waals surface area contributed by atoms with Crippen LogP contribution in [0.5, 0.6) is 0 Å². The van der Waals surface area contributed by atoms with E-state index < -0.39 is 24.0 Å². The lowest BCUT2D eigenvalue weighted by Crippen LogP contribution is -2.50. The van der Waals surface area contributed by atoms with E-state index in [0.717, 1.165) is 3.79 Å². The summed E-state index contributed by atoms with van der Waals surface area (Å²) >= 11 is 4.51. The predicted molar refractivity (Wildman–Crippen MR) is 83.4 cm³/mol. The first-order valence-corrected chi connectivity index (χ1v) is 8.05. The van der Waals surface area contributed by atoms with E-state index >= 15 is 0 Å². The van der Waals surface area contributed by atoms with Gasteiger partial charge in [0.15, 0.2) is 0 Å². The molecule has 6 nitrogen and oxygen atoms in total. The first-order chi connectivity index (χ1) is 9.85. The van der Waals surface area contributed by atoms with Gasteiger partial charge < -0.3 is 15.7 Å². The minimum absolute atomic E-state index is 0.347. The molecule has 2 unspecified atom stereocenters. The molecule has 3 N–H and O–H groups in total. The minimum atomic E-state index is -1.08. The predicted octanol–water partition coefficient (Wildman–Crippen LogP) is 2.00. The van der Waals surface area contributed by atoms with Crippen molar-refractivity contribution in [3.8, 4) is 0 Å². The van der Waals surface area contributed by atoms with E-state index in [1.165, 1.54) is 18.3 Å². The van der Waals surface area contributed by atoms with Crippen LogP contribution in [0.25, 0.3) is 0 Å². The number of carbonyl (C=O) groups excluding carboxylic acids is 2. The molecule has 0 radical (unpaired) electrons. The van der Waals surface area contributed by atoms with E-state index in [0.29, 0.717) is 17.7 Å². The number of carbonyl (C=O) groups is 3. The van der Waals surface area contributed by atoms with Crippen molar-refractivity contribution >= 4 is 45.1 Å². The summed E-state index contributed by atoms with van der Waals surface area (Å²) in [7, 11) is 0. The number of thiophene rings is 1. The molecule has 21 heavy (non-hydrogen) atoms. The van der Waals surface area contributed by atoms with Crippen molar-refractivity contribution in [3.63, 3.8) is 0 Å². The van der Waals surface area contributed by atoms with Crippen molar-refractivity contribution in [2.45, 2.75) is 38.8 Å². The fourth-order valence-corrected chi connectivity index (χ4v) is 2.90. The zero-order valence-corrected chi connectivity index (χ0v) is 14.1. The highest BCUT2D eigenvalue weighted by molar-refractivity contribution is 9.11. The van der Waals surface area contributed by atoms with E-state index in [4.69, 9.17) is 5.11 Å². The lowest BCUT2D eigenvalue weighted by Gasteiger charge is -2.18. The van der Waals surface area contributed by atoms with Crippen LogP contribution >= 0.6 is 27.3 Å². The van der Waals surface area contributed by atoms with Gasteiger partial charge >= 0.3 is 5.97 Å². The number of nitrogens with one attached hydrogen (secondary N) is 2. The van der Waals surface area contributed by atoms with E-state index in [2.05, 4.69) is 26.6 Å². The molecular weight excluding hydrogens is 360 g/mol. The Balaban J connectivity index is 2.57. The second-order valence-corrected chi connectivity index (χ2v) is 6.95. The molecule has 0 aliphatic rings. The topological polar surface area (TPSA) is 95.5 Å². The summed E-state index contributed by atoms with van der Waals surface area (Å²) in [6.45, 7) is 3.35. The number of carboxylic acids is 1. The molecule has 0 bridgehead atoms. The molecule has 1 aromatic rings. The molecule has 0 fully saturated rings. The fraction of sp³-hybridized carbons (Fsp3) is 0.462. The Hall–Kier alpha value is -1.41. The van der Waals surface area contributed by atoms with Crippen LogP contribution in [0.4, 0.5) is 0 Å². The Labute approximate surface area is 135 Å². The molecule has 1 aromatic heterocycles. The first kappa shape index (κ1) is 17.6. The lowest BCUT2D eigenvalue weighted by molar-refractivity contribution is -0.142. The molecule has 0 aliphatic carbocycles. The lowest BCUT2D eigenvalue weighted by atomic mass is 10.1. The number of rotatable bonds is 7. The van der Waals surface area contributed by atoms with Gasteiger partial charge in [0.2, 0.25) is 5.91 Å². The van der Waals surface area contributed by atoms with E-state index in [1.807, 2.05) is 6.92 Å². The van der Waals surface area contributed by atoms with Crippen LogP contribution in [-0.2, 0) is 9.59 Å². The van der Waals surface area contributed by atoms with Gasteiger partial charge in [0.1, 0.15) is 12.1 Å². The highest BCUT2D eigenvalue weighted by Crippen LogP contribution is 2.21. The Bertz CT molecular complexity index is 532. The van der Waals surface area contributed by atoms with E-state index in [9.17, 15) is 14.4 Å². The molecule has 1 heterocycles. The van der Waals surface area contributed by atoms with Crippen molar-refractivity contribution in [2.75, 3.05) is 0 Å².